The summed E-state index contributed by atoms with van der Waals surface area (Å²) in [4.78, 5) is 27.5. The van der Waals surface area contributed by atoms with Gasteiger partial charge in [-0.3, -0.25) is 13.9 Å². The van der Waals surface area contributed by atoms with Gasteiger partial charge in [-0.05, 0) is 62.1 Å². The zero-order valence-electron chi connectivity index (χ0n) is 21.0. The molecular weight excluding hydrogens is 486 g/mol. The first-order valence-corrected chi connectivity index (χ1v) is 14.1. The second-order valence-electron chi connectivity index (χ2n) is 8.75. The fourth-order valence-electron chi connectivity index (χ4n) is 3.69. The third kappa shape index (κ3) is 9.18. The number of carbonyl (C=O) groups is 2. The van der Waals surface area contributed by atoms with E-state index in [0.717, 1.165) is 30.2 Å². The van der Waals surface area contributed by atoms with Crippen LogP contribution in [0.15, 0.2) is 48.5 Å². The molecule has 2 amide bonds. The second kappa shape index (κ2) is 13.5. The molecule has 35 heavy (non-hydrogen) atoms. The maximum Gasteiger partial charge on any atom is 0.242 e. The molecule has 9 heteroatoms. The first-order valence-electron chi connectivity index (χ1n) is 11.9. The van der Waals surface area contributed by atoms with Crippen LogP contribution in [0.2, 0.25) is 5.02 Å². The predicted molar refractivity (Wildman–Crippen MR) is 142 cm³/mol. The molecular formula is C26H36ClN3O4S. The van der Waals surface area contributed by atoms with E-state index in [0.29, 0.717) is 23.7 Å². The van der Waals surface area contributed by atoms with Crippen molar-refractivity contribution in [3.05, 3.63) is 64.7 Å². The van der Waals surface area contributed by atoms with Gasteiger partial charge in [0.15, 0.2) is 0 Å². The lowest BCUT2D eigenvalue weighted by atomic mass is 10.1. The molecule has 0 saturated carbocycles. The van der Waals surface area contributed by atoms with Gasteiger partial charge >= 0.3 is 0 Å². The smallest absolute Gasteiger partial charge is 0.242 e. The Morgan fingerprint density at radius 3 is 2.37 bits per heavy atom. The fourth-order valence-corrected chi connectivity index (χ4v) is 4.78. The molecule has 192 valence electrons. The van der Waals surface area contributed by atoms with E-state index in [-0.39, 0.29) is 31.3 Å². The van der Waals surface area contributed by atoms with E-state index in [4.69, 9.17) is 11.6 Å². The number of carbonyl (C=O) groups excluding carboxylic acids is 2. The SMILES string of the molecule is CCCCNC(=O)[C@@H](C)N(Cc1ccc(Cl)cc1)C(=O)CCCN(c1cccc(C)c1)S(C)(=O)=O. The molecule has 0 radical (unpaired) electrons. The minimum Gasteiger partial charge on any atom is -0.354 e. The number of anilines is 1. The summed E-state index contributed by atoms with van der Waals surface area (Å²) in [6.07, 6.45) is 3.41. The molecule has 0 saturated heterocycles. The van der Waals surface area contributed by atoms with Gasteiger partial charge in [0.25, 0.3) is 0 Å². The maximum atomic E-state index is 13.3. The van der Waals surface area contributed by atoms with Crippen molar-refractivity contribution >= 4 is 39.1 Å². The van der Waals surface area contributed by atoms with Gasteiger partial charge in [0.1, 0.15) is 6.04 Å². The minimum absolute atomic E-state index is 0.109. The van der Waals surface area contributed by atoms with Crippen LogP contribution in [0.1, 0.15) is 50.7 Å². The van der Waals surface area contributed by atoms with Crippen LogP contribution in [-0.2, 0) is 26.2 Å². The van der Waals surface area contributed by atoms with Gasteiger partial charge in [-0.15, -0.1) is 0 Å². The third-order valence-corrected chi connectivity index (χ3v) is 7.15. The van der Waals surface area contributed by atoms with Crippen molar-refractivity contribution in [1.29, 1.82) is 0 Å². The van der Waals surface area contributed by atoms with Crippen LogP contribution in [-0.4, -0.2) is 50.5 Å². The number of benzene rings is 2. The van der Waals surface area contributed by atoms with Crippen LogP contribution in [0.25, 0.3) is 0 Å². The van der Waals surface area contributed by atoms with Crippen molar-refractivity contribution < 1.29 is 18.0 Å². The van der Waals surface area contributed by atoms with E-state index in [1.165, 1.54) is 4.31 Å². The number of unbranched alkanes of at least 4 members (excludes halogenated alkanes) is 1. The summed E-state index contributed by atoms with van der Waals surface area (Å²) in [5.74, 6) is -0.422. The van der Waals surface area contributed by atoms with Gasteiger partial charge in [-0.25, -0.2) is 8.42 Å². The van der Waals surface area contributed by atoms with E-state index in [1.807, 2.05) is 32.0 Å². The monoisotopic (exact) mass is 521 g/mol. The average Bonchev–Trinajstić information content (AvgIpc) is 2.80. The molecule has 1 atom stereocenters. The highest BCUT2D eigenvalue weighted by atomic mass is 35.5. The number of rotatable bonds is 13. The van der Waals surface area contributed by atoms with Crippen molar-refractivity contribution in [3.8, 4) is 0 Å². The molecule has 0 heterocycles. The maximum absolute atomic E-state index is 13.3. The largest absolute Gasteiger partial charge is 0.354 e. The molecule has 0 aliphatic carbocycles. The topological polar surface area (TPSA) is 86.8 Å². The summed E-state index contributed by atoms with van der Waals surface area (Å²) >= 11 is 5.99. The number of hydrogen-bond donors (Lipinski definition) is 1. The van der Waals surface area contributed by atoms with Gasteiger partial charge < -0.3 is 10.2 Å². The Morgan fingerprint density at radius 2 is 1.77 bits per heavy atom. The normalized spacial score (nSPS) is 12.1. The quantitative estimate of drug-likeness (QED) is 0.392. The van der Waals surface area contributed by atoms with Crippen molar-refractivity contribution in [2.45, 2.75) is 59.0 Å². The third-order valence-electron chi connectivity index (χ3n) is 5.70. The number of nitrogens with one attached hydrogen (secondary N) is 1. The zero-order chi connectivity index (χ0) is 26.0. The number of sulfonamides is 1. The summed E-state index contributed by atoms with van der Waals surface area (Å²) in [5.41, 5.74) is 2.37. The van der Waals surface area contributed by atoms with Crippen LogP contribution >= 0.6 is 11.6 Å². The molecule has 0 aromatic heterocycles. The number of hydrogen-bond acceptors (Lipinski definition) is 4. The molecule has 0 aliphatic heterocycles. The van der Waals surface area contributed by atoms with Crippen LogP contribution in [0, 0.1) is 6.92 Å². The summed E-state index contributed by atoms with van der Waals surface area (Å²) in [6, 6.07) is 13.7. The Labute approximate surface area is 214 Å². The Kier molecular flexibility index (Phi) is 11.0. The number of halogens is 1. The Morgan fingerprint density at radius 1 is 1.09 bits per heavy atom. The summed E-state index contributed by atoms with van der Waals surface area (Å²) in [7, 11) is -3.52. The number of amides is 2. The number of aryl methyl sites for hydroxylation is 1. The lowest BCUT2D eigenvalue weighted by molar-refractivity contribution is -0.140. The average molecular weight is 522 g/mol. The minimum atomic E-state index is -3.52. The molecule has 0 aliphatic rings. The molecule has 0 unspecified atom stereocenters. The van der Waals surface area contributed by atoms with E-state index in [9.17, 15) is 18.0 Å². The highest BCUT2D eigenvalue weighted by molar-refractivity contribution is 7.92. The van der Waals surface area contributed by atoms with E-state index < -0.39 is 16.1 Å². The van der Waals surface area contributed by atoms with Crippen molar-refractivity contribution in [2.75, 3.05) is 23.7 Å². The van der Waals surface area contributed by atoms with Crippen molar-refractivity contribution in [1.82, 2.24) is 10.2 Å². The summed E-state index contributed by atoms with van der Waals surface area (Å²) in [5, 5.41) is 3.48. The summed E-state index contributed by atoms with van der Waals surface area (Å²) in [6.45, 7) is 6.64. The molecule has 2 rings (SSSR count). The molecule has 2 aromatic rings. The fraction of sp³-hybridized carbons (Fsp3) is 0.462. The lowest BCUT2D eigenvalue weighted by Gasteiger charge is -2.29. The first-order chi connectivity index (χ1) is 16.5. The van der Waals surface area contributed by atoms with E-state index >= 15 is 0 Å². The van der Waals surface area contributed by atoms with Crippen molar-refractivity contribution in [3.63, 3.8) is 0 Å². The Bertz CT molecular complexity index is 1090. The van der Waals surface area contributed by atoms with Crippen LogP contribution in [0.4, 0.5) is 5.69 Å². The van der Waals surface area contributed by atoms with Crippen LogP contribution < -0.4 is 9.62 Å². The lowest BCUT2D eigenvalue weighted by Crippen LogP contribution is -2.47. The van der Waals surface area contributed by atoms with Crippen LogP contribution in [0.3, 0.4) is 0 Å². The molecule has 0 fully saturated rings. The summed E-state index contributed by atoms with van der Waals surface area (Å²) < 4.78 is 26.1. The predicted octanol–water partition coefficient (Wildman–Crippen LogP) is 4.53. The Balaban J connectivity index is 2.13. The Hall–Kier alpha value is -2.58. The highest BCUT2D eigenvalue weighted by Gasteiger charge is 2.26. The van der Waals surface area contributed by atoms with E-state index in [1.54, 1.807) is 42.2 Å². The van der Waals surface area contributed by atoms with Crippen molar-refractivity contribution in [2.24, 2.45) is 0 Å². The second-order valence-corrected chi connectivity index (χ2v) is 11.1. The molecule has 1 N–H and O–H groups in total. The highest BCUT2D eigenvalue weighted by Crippen LogP contribution is 2.20. The van der Waals surface area contributed by atoms with Gasteiger partial charge in [0, 0.05) is 31.1 Å². The number of nitrogens with zero attached hydrogens (tertiary/aromatic N) is 2. The van der Waals surface area contributed by atoms with Gasteiger partial charge in [-0.2, -0.15) is 0 Å². The van der Waals surface area contributed by atoms with Gasteiger partial charge in [0.2, 0.25) is 21.8 Å². The molecule has 0 bridgehead atoms. The molecule has 2 aromatic carbocycles. The van der Waals surface area contributed by atoms with Gasteiger partial charge in [-0.1, -0.05) is 49.2 Å². The zero-order valence-corrected chi connectivity index (χ0v) is 22.5. The molecule has 0 spiro atoms. The standard InChI is InChI=1S/C26H36ClN3O4S/c1-5-6-16-28-26(32)21(3)29(19-22-12-14-23(27)15-13-22)25(31)11-8-17-30(35(4,33)34)24-10-7-9-20(2)18-24/h7,9-10,12-15,18,21H,5-6,8,11,16-17,19H2,1-4H3,(H,28,32)/t21-/m1/s1. The van der Waals surface area contributed by atoms with E-state index in [2.05, 4.69) is 5.32 Å². The molecule has 7 nitrogen and oxygen atoms in total. The van der Waals surface area contributed by atoms with Gasteiger partial charge in [0.05, 0.1) is 11.9 Å². The first kappa shape index (κ1) is 28.7. The van der Waals surface area contributed by atoms with Crippen LogP contribution in [0.5, 0.6) is 0 Å².